The lowest BCUT2D eigenvalue weighted by atomic mass is 10.2. The van der Waals surface area contributed by atoms with Crippen LogP contribution in [0.3, 0.4) is 0 Å². The SMILES string of the molecule is COc1ccc(-n2nc(C(=O)N3CC[C@@H]([18F])C3)c3csc(N)c3c2=O)cc1. The number of ether oxygens (including phenoxy) is 1. The molecule has 1 aliphatic rings. The van der Waals surface area contributed by atoms with Gasteiger partial charge in [0.05, 0.1) is 29.7 Å². The van der Waals surface area contributed by atoms with Gasteiger partial charge in [-0.25, -0.2) is 4.39 Å². The second kappa shape index (κ2) is 6.66. The van der Waals surface area contributed by atoms with E-state index in [-0.39, 0.29) is 17.6 Å². The molecule has 0 saturated carbocycles. The van der Waals surface area contributed by atoms with E-state index >= 15 is 0 Å². The molecule has 9 heteroatoms. The topological polar surface area (TPSA) is 90.5 Å². The van der Waals surface area contributed by atoms with Crippen molar-refractivity contribution in [2.75, 3.05) is 25.9 Å². The Morgan fingerprint density at radius 2 is 2.11 bits per heavy atom. The molecule has 0 radical (unpaired) electrons. The van der Waals surface area contributed by atoms with Crippen molar-refractivity contribution in [1.82, 2.24) is 14.7 Å². The summed E-state index contributed by atoms with van der Waals surface area (Å²) in [6, 6.07) is 6.73. The van der Waals surface area contributed by atoms with Crippen LogP contribution < -0.4 is 16.0 Å². The minimum absolute atomic E-state index is 0.0310. The van der Waals surface area contributed by atoms with Crippen molar-refractivity contribution >= 4 is 33.0 Å². The Morgan fingerprint density at radius 1 is 1.37 bits per heavy atom. The lowest BCUT2D eigenvalue weighted by Crippen LogP contribution is -2.32. The van der Waals surface area contributed by atoms with E-state index in [9.17, 15) is 14.0 Å². The van der Waals surface area contributed by atoms with Crippen molar-refractivity contribution in [3.63, 3.8) is 0 Å². The number of likely N-dealkylation sites (tertiary alicyclic amines) is 1. The molecular weight excluding hydrogens is 370 g/mol. The average Bonchev–Trinajstić information content (AvgIpc) is 3.28. The third-order valence-corrected chi connectivity index (χ3v) is 5.43. The average molecular weight is 387 g/mol. The summed E-state index contributed by atoms with van der Waals surface area (Å²) in [6.45, 7) is 0.355. The molecule has 1 aliphatic heterocycles. The first kappa shape index (κ1) is 17.5. The van der Waals surface area contributed by atoms with Crippen molar-refractivity contribution in [1.29, 1.82) is 0 Å². The van der Waals surface area contributed by atoms with Crippen LogP contribution in [0.1, 0.15) is 16.9 Å². The zero-order valence-electron chi connectivity index (χ0n) is 14.5. The van der Waals surface area contributed by atoms with Crippen LogP contribution in [0.5, 0.6) is 5.75 Å². The number of amides is 1. The Morgan fingerprint density at radius 3 is 2.74 bits per heavy atom. The monoisotopic (exact) mass is 387 g/mol. The van der Waals surface area contributed by atoms with Crippen LogP contribution in [0.15, 0.2) is 34.4 Å². The Bertz CT molecular complexity index is 1080. The maximum absolute atomic E-state index is 13.5. The van der Waals surface area contributed by atoms with E-state index in [1.165, 1.54) is 16.2 Å². The number of hydrogen-bond acceptors (Lipinski definition) is 6. The molecule has 0 aliphatic carbocycles. The molecule has 0 unspecified atom stereocenters. The number of methoxy groups -OCH3 is 1. The van der Waals surface area contributed by atoms with Gasteiger partial charge in [0.15, 0.2) is 5.69 Å². The Hall–Kier alpha value is -2.94. The van der Waals surface area contributed by atoms with Gasteiger partial charge in [-0.1, -0.05) is 0 Å². The zero-order chi connectivity index (χ0) is 19.1. The fourth-order valence-electron chi connectivity index (χ4n) is 3.18. The van der Waals surface area contributed by atoms with Crippen LogP contribution >= 0.6 is 11.3 Å². The van der Waals surface area contributed by atoms with Gasteiger partial charge in [0.2, 0.25) is 0 Å². The van der Waals surface area contributed by atoms with Gasteiger partial charge in [-0.15, -0.1) is 11.3 Å². The first-order valence-corrected chi connectivity index (χ1v) is 9.25. The maximum atomic E-state index is 13.5. The van der Waals surface area contributed by atoms with Crippen LogP contribution in [-0.4, -0.2) is 47.0 Å². The largest absolute Gasteiger partial charge is 0.497 e. The normalized spacial score (nSPS) is 16.8. The molecule has 3 heterocycles. The number of nitrogen functional groups attached to an aromatic ring is 1. The molecule has 0 bridgehead atoms. The predicted molar refractivity (Wildman–Crippen MR) is 102 cm³/mol. The molecule has 1 aromatic carbocycles. The third kappa shape index (κ3) is 2.93. The summed E-state index contributed by atoms with van der Waals surface area (Å²) in [5.74, 6) is 0.227. The van der Waals surface area contributed by atoms with Gasteiger partial charge >= 0.3 is 0 Å². The molecule has 3 aromatic rings. The van der Waals surface area contributed by atoms with Crippen molar-refractivity contribution in [3.8, 4) is 11.4 Å². The molecule has 1 saturated heterocycles. The Labute approximate surface area is 157 Å². The highest BCUT2D eigenvalue weighted by atomic mass is 32.1. The van der Waals surface area contributed by atoms with Gasteiger partial charge in [0.25, 0.3) is 11.5 Å². The highest BCUT2D eigenvalue weighted by Gasteiger charge is 2.30. The molecule has 27 heavy (non-hydrogen) atoms. The number of thiophene rings is 1. The predicted octanol–water partition coefficient (Wildman–Crippen LogP) is 2.22. The molecule has 2 N–H and O–H groups in total. The van der Waals surface area contributed by atoms with E-state index in [2.05, 4.69) is 5.10 Å². The summed E-state index contributed by atoms with van der Waals surface area (Å²) < 4.78 is 19.8. The third-order valence-electron chi connectivity index (χ3n) is 4.62. The lowest BCUT2D eigenvalue weighted by molar-refractivity contribution is 0.0777. The number of rotatable bonds is 3. The van der Waals surface area contributed by atoms with Crippen LogP contribution in [-0.2, 0) is 0 Å². The summed E-state index contributed by atoms with van der Waals surface area (Å²) in [4.78, 5) is 27.3. The number of nitrogens with two attached hydrogens (primary N) is 1. The van der Waals surface area contributed by atoms with Crippen molar-refractivity contribution in [2.24, 2.45) is 0 Å². The number of carbonyl (C=O) groups is 1. The highest BCUT2D eigenvalue weighted by Crippen LogP contribution is 2.29. The molecule has 140 valence electrons. The zero-order valence-corrected chi connectivity index (χ0v) is 15.3. The summed E-state index contributed by atoms with van der Waals surface area (Å²) in [7, 11) is 1.54. The molecule has 1 fully saturated rings. The van der Waals surface area contributed by atoms with Gasteiger partial charge in [-0.3, -0.25) is 9.59 Å². The van der Waals surface area contributed by atoms with Gasteiger partial charge in [-0.05, 0) is 30.7 Å². The fourth-order valence-corrected chi connectivity index (χ4v) is 3.97. The quantitative estimate of drug-likeness (QED) is 0.744. The second-order valence-electron chi connectivity index (χ2n) is 6.29. The maximum Gasteiger partial charge on any atom is 0.282 e. The van der Waals surface area contributed by atoms with E-state index in [1.807, 2.05) is 0 Å². The molecule has 0 spiro atoms. The summed E-state index contributed by atoms with van der Waals surface area (Å²) in [5.41, 5.74) is 6.16. The Kier molecular flexibility index (Phi) is 4.31. The van der Waals surface area contributed by atoms with Gasteiger partial charge < -0.3 is 15.4 Å². The minimum atomic E-state index is -1.04. The van der Waals surface area contributed by atoms with E-state index in [4.69, 9.17) is 10.5 Å². The molecule has 4 rings (SSSR count). The number of halogens is 1. The smallest absolute Gasteiger partial charge is 0.282 e. The van der Waals surface area contributed by atoms with E-state index < -0.39 is 17.6 Å². The fraction of sp³-hybridized carbons (Fsp3) is 0.278. The second-order valence-corrected chi connectivity index (χ2v) is 7.20. The number of hydrogen-bond donors (Lipinski definition) is 1. The number of benzene rings is 1. The van der Waals surface area contributed by atoms with Crippen molar-refractivity contribution in [2.45, 2.75) is 12.6 Å². The van der Waals surface area contributed by atoms with Crippen LogP contribution in [0.4, 0.5) is 9.39 Å². The van der Waals surface area contributed by atoms with E-state index in [1.54, 1.807) is 36.8 Å². The highest BCUT2D eigenvalue weighted by molar-refractivity contribution is 7.15. The number of fused-ring (bicyclic) bond motifs is 1. The first-order chi connectivity index (χ1) is 13.0. The van der Waals surface area contributed by atoms with Crippen molar-refractivity contribution in [3.05, 3.63) is 45.7 Å². The Balaban J connectivity index is 1.89. The standard InChI is InChI=1S/C18H17FN4O3S/c1-26-12-4-2-11(3-5-12)23-17(24)14-13(9-27-16(14)20)15(21-23)18(25)22-7-6-10(19)8-22/h2-5,9-10H,6-8,20H2,1H3/t10-/m1/s1/i19-1. The van der Waals surface area contributed by atoms with Crippen LogP contribution in [0.2, 0.25) is 0 Å². The summed E-state index contributed by atoms with van der Waals surface area (Å²) in [6.07, 6.45) is -0.733. The van der Waals surface area contributed by atoms with Crippen LogP contribution in [0.25, 0.3) is 16.5 Å². The number of anilines is 1. The lowest BCUT2D eigenvalue weighted by Gasteiger charge is -2.16. The van der Waals surface area contributed by atoms with Gasteiger partial charge in [-0.2, -0.15) is 9.78 Å². The van der Waals surface area contributed by atoms with Crippen LogP contribution in [0, 0.1) is 0 Å². The molecule has 1 atom stereocenters. The van der Waals surface area contributed by atoms with Gasteiger partial charge in [0.1, 0.15) is 11.9 Å². The first-order valence-electron chi connectivity index (χ1n) is 8.37. The number of carbonyl (C=O) groups excluding carboxylic acids is 1. The molecule has 1 amide bonds. The molecule has 7 nitrogen and oxygen atoms in total. The molecule has 2 aromatic heterocycles. The molecular formula is C18H17FN4O3S. The minimum Gasteiger partial charge on any atom is -0.497 e. The number of aromatic nitrogens is 2. The summed E-state index contributed by atoms with van der Waals surface area (Å²) >= 11 is 1.18. The van der Waals surface area contributed by atoms with E-state index in [0.717, 1.165) is 4.68 Å². The summed E-state index contributed by atoms with van der Waals surface area (Å²) in [5, 5.41) is 6.93. The number of alkyl halides is 1. The van der Waals surface area contributed by atoms with Gasteiger partial charge in [0, 0.05) is 17.3 Å². The van der Waals surface area contributed by atoms with E-state index in [0.29, 0.717) is 34.8 Å². The number of nitrogens with zero attached hydrogens (tertiary/aromatic N) is 3. The van der Waals surface area contributed by atoms with Crippen molar-refractivity contribution < 1.29 is 13.9 Å².